The van der Waals surface area contributed by atoms with Crippen LogP contribution < -0.4 is 10.6 Å². The van der Waals surface area contributed by atoms with Gasteiger partial charge in [-0.2, -0.15) is 0 Å². The van der Waals surface area contributed by atoms with Gasteiger partial charge in [0.1, 0.15) is 0 Å². The second-order valence-corrected chi connectivity index (χ2v) is 4.25. The second-order valence-electron chi connectivity index (χ2n) is 4.25. The lowest BCUT2D eigenvalue weighted by Gasteiger charge is -2.31. The first-order chi connectivity index (χ1) is 5.90. The summed E-state index contributed by atoms with van der Waals surface area (Å²) in [7, 11) is 0. The summed E-state index contributed by atoms with van der Waals surface area (Å²) in [6, 6.07) is 1.53. The van der Waals surface area contributed by atoms with Crippen molar-refractivity contribution in [3.05, 3.63) is 0 Å². The Balaban J connectivity index is 1.69. The third-order valence-corrected chi connectivity index (χ3v) is 3.08. The molecular formula is C10H20N2. The van der Waals surface area contributed by atoms with Crippen molar-refractivity contribution in [3.8, 4) is 0 Å². The lowest BCUT2D eigenvalue weighted by molar-refractivity contribution is 0.312. The zero-order chi connectivity index (χ0) is 8.39. The van der Waals surface area contributed by atoms with Gasteiger partial charge in [-0.05, 0) is 25.2 Å². The molecule has 0 aromatic rings. The monoisotopic (exact) mass is 168 g/mol. The van der Waals surface area contributed by atoms with Crippen LogP contribution in [0.25, 0.3) is 0 Å². The van der Waals surface area contributed by atoms with Crippen LogP contribution in [0.5, 0.6) is 0 Å². The molecule has 1 heterocycles. The summed E-state index contributed by atoms with van der Waals surface area (Å²) in [6.07, 6.45) is 5.54. The van der Waals surface area contributed by atoms with Gasteiger partial charge in [0, 0.05) is 25.2 Å². The molecule has 1 aliphatic heterocycles. The van der Waals surface area contributed by atoms with Crippen molar-refractivity contribution in [1.29, 1.82) is 0 Å². The fourth-order valence-corrected chi connectivity index (χ4v) is 2.12. The lowest BCUT2D eigenvalue weighted by atomic mass is 10.1. The Hall–Kier alpha value is -0.0800. The predicted octanol–water partition coefficient (Wildman–Crippen LogP) is 1.13. The molecule has 2 N–H and O–H groups in total. The summed E-state index contributed by atoms with van der Waals surface area (Å²) in [5.74, 6) is 1.00. The van der Waals surface area contributed by atoms with E-state index in [2.05, 4.69) is 17.6 Å². The molecule has 2 heteroatoms. The fraction of sp³-hybridized carbons (Fsp3) is 1.00. The summed E-state index contributed by atoms with van der Waals surface area (Å²) in [5.41, 5.74) is 0. The van der Waals surface area contributed by atoms with E-state index in [0.29, 0.717) is 0 Å². The summed E-state index contributed by atoms with van der Waals surface area (Å²) < 4.78 is 0. The van der Waals surface area contributed by atoms with Gasteiger partial charge in [-0.25, -0.2) is 0 Å². The Bertz CT molecular complexity index is 135. The van der Waals surface area contributed by atoms with Gasteiger partial charge < -0.3 is 10.6 Å². The van der Waals surface area contributed by atoms with Crippen molar-refractivity contribution in [2.75, 3.05) is 13.1 Å². The van der Waals surface area contributed by atoms with E-state index in [-0.39, 0.29) is 0 Å². The molecule has 2 fully saturated rings. The standard InChI is InChI=1S/C10H20N2/c1-2-3-9-6-12-10(7-11-9)8-4-5-8/h8-12H,2-7H2,1H3. The molecule has 2 rings (SSSR count). The van der Waals surface area contributed by atoms with Crippen LogP contribution in [0.1, 0.15) is 32.6 Å². The maximum Gasteiger partial charge on any atom is 0.0221 e. The van der Waals surface area contributed by atoms with Gasteiger partial charge in [-0.1, -0.05) is 13.3 Å². The number of hydrogen-bond acceptors (Lipinski definition) is 2. The van der Waals surface area contributed by atoms with Crippen LogP contribution in [0.3, 0.4) is 0 Å². The Morgan fingerprint density at radius 1 is 1.17 bits per heavy atom. The van der Waals surface area contributed by atoms with E-state index in [1.54, 1.807) is 0 Å². The molecule has 70 valence electrons. The third-order valence-electron chi connectivity index (χ3n) is 3.08. The number of rotatable bonds is 3. The van der Waals surface area contributed by atoms with Crippen LogP contribution in [0.2, 0.25) is 0 Å². The number of nitrogens with one attached hydrogen (secondary N) is 2. The molecule has 2 nitrogen and oxygen atoms in total. The predicted molar refractivity (Wildman–Crippen MR) is 51.2 cm³/mol. The van der Waals surface area contributed by atoms with Crippen molar-refractivity contribution in [1.82, 2.24) is 10.6 Å². The van der Waals surface area contributed by atoms with Crippen LogP contribution in [-0.2, 0) is 0 Å². The normalized spacial score (nSPS) is 36.8. The van der Waals surface area contributed by atoms with Crippen LogP contribution >= 0.6 is 0 Å². The van der Waals surface area contributed by atoms with E-state index in [1.807, 2.05) is 0 Å². The highest BCUT2D eigenvalue weighted by Crippen LogP contribution is 2.32. The van der Waals surface area contributed by atoms with E-state index in [1.165, 1.54) is 38.8 Å². The molecular weight excluding hydrogens is 148 g/mol. The molecule has 0 amide bonds. The van der Waals surface area contributed by atoms with E-state index >= 15 is 0 Å². The first-order valence-electron chi connectivity index (χ1n) is 5.37. The molecule has 0 radical (unpaired) electrons. The zero-order valence-corrected chi connectivity index (χ0v) is 7.97. The van der Waals surface area contributed by atoms with Gasteiger partial charge in [0.2, 0.25) is 0 Å². The van der Waals surface area contributed by atoms with Crippen LogP contribution in [-0.4, -0.2) is 25.2 Å². The van der Waals surface area contributed by atoms with Gasteiger partial charge in [-0.15, -0.1) is 0 Å². The molecule has 1 saturated heterocycles. The number of hydrogen-bond donors (Lipinski definition) is 2. The summed E-state index contributed by atoms with van der Waals surface area (Å²) >= 11 is 0. The van der Waals surface area contributed by atoms with Crippen molar-refractivity contribution in [2.24, 2.45) is 5.92 Å². The second kappa shape index (κ2) is 3.75. The Morgan fingerprint density at radius 2 is 2.00 bits per heavy atom. The molecule has 2 atom stereocenters. The summed E-state index contributed by atoms with van der Waals surface area (Å²) in [4.78, 5) is 0. The summed E-state index contributed by atoms with van der Waals surface area (Å²) in [6.45, 7) is 4.65. The first kappa shape index (κ1) is 8.52. The van der Waals surface area contributed by atoms with Gasteiger partial charge in [0.15, 0.2) is 0 Å². The van der Waals surface area contributed by atoms with Crippen LogP contribution in [0.15, 0.2) is 0 Å². The Labute approximate surface area is 75.1 Å². The van der Waals surface area contributed by atoms with E-state index in [0.717, 1.165) is 18.0 Å². The van der Waals surface area contributed by atoms with Gasteiger partial charge in [-0.3, -0.25) is 0 Å². The SMILES string of the molecule is CCCC1CNC(C2CC2)CN1. The highest BCUT2D eigenvalue weighted by Gasteiger charge is 2.33. The highest BCUT2D eigenvalue weighted by atomic mass is 15.1. The zero-order valence-electron chi connectivity index (χ0n) is 7.97. The third kappa shape index (κ3) is 1.99. The molecule has 1 aliphatic carbocycles. The molecule has 0 aromatic heterocycles. The smallest absolute Gasteiger partial charge is 0.0221 e. The quantitative estimate of drug-likeness (QED) is 0.660. The molecule has 1 saturated carbocycles. The Kier molecular flexibility index (Phi) is 2.66. The largest absolute Gasteiger partial charge is 0.311 e. The highest BCUT2D eigenvalue weighted by molar-refractivity contribution is 4.92. The molecule has 2 unspecified atom stereocenters. The Morgan fingerprint density at radius 3 is 2.50 bits per heavy atom. The van der Waals surface area contributed by atoms with Gasteiger partial charge >= 0.3 is 0 Å². The number of piperazine rings is 1. The minimum Gasteiger partial charge on any atom is -0.311 e. The van der Waals surface area contributed by atoms with E-state index in [9.17, 15) is 0 Å². The van der Waals surface area contributed by atoms with Crippen LogP contribution in [0, 0.1) is 5.92 Å². The van der Waals surface area contributed by atoms with Gasteiger partial charge in [0.25, 0.3) is 0 Å². The topological polar surface area (TPSA) is 24.1 Å². The minimum absolute atomic E-state index is 0.741. The average Bonchev–Trinajstić information content (AvgIpc) is 2.89. The van der Waals surface area contributed by atoms with E-state index < -0.39 is 0 Å². The minimum atomic E-state index is 0.741. The van der Waals surface area contributed by atoms with Crippen LogP contribution in [0.4, 0.5) is 0 Å². The van der Waals surface area contributed by atoms with Gasteiger partial charge in [0.05, 0.1) is 0 Å². The summed E-state index contributed by atoms with van der Waals surface area (Å²) in [5, 5.41) is 7.28. The van der Waals surface area contributed by atoms with Crippen molar-refractivity contribution in [2.45, 2.75) is 44.7 Å². The lowest BCUT2D eigenvalue weighted by Crippen LogP contribution is -2.55. The van der Waals surface area contributed by atoms with E-state index in [4.69, 9.17) is 0 Å². The molecule has 2 aliphatic rings. The van der Waals surface area contributed by atoms with Crippen molar-refractivity contribution < 1.29 is 0 Å². The first-order valence-corrected chi connectivity index (χ1v) is 5.37. The van der Waals surface area contributed by atoms with Crippen molar-refractivity contribution in [3.63, 3.8) is 0 Å². The van der Waals surface area contributed by atoms with Crippen molar-refractivity contribution >= 4 is 0 Å². The average molecular weight is 168 g/mol. The molecule has 12 heavy (non-hydrogen) atoms. The maximum absolute atomic E-state index is 3.65. The molecule has 0 aromatic carbocycles. The molecule has 0 spiro atoms. The fourth-order valence-electron chi connectivity index (χ4n) is 2.12. The maximum atomic E-state index is 3.65. The molecule has 0 bridgehead atoms.